The van der Waals surface area contributed by atoms with Crippen molar-refractivity contribution in [3.8, 4) is 0 Å². The second-order valence-corrected chi connectivity index (χ2v) is 4.93. The summed E-state index contributed by atoms with van der Waals surface area (Å²) in [6.45, 7) is 0. The summed E-state index contributed by atoms with van der Waals surface area (Å²) in [5, 5.41) is 15.8. The van der Waals surface area contributed by atoms with Crippen molar-refractivity contribution in [2.24, 2.45) is 5.10 Å². The molecule has 1 saturated heterocycles. The molecule has 1 aliphatic heterocycles. The third-order valence-corrected chi connectivity index (χ3v) is 3.51. The Balaban J connectivity index is 2.26. The smallest absolute Gasteiger partial charge is 0.272 e. The van der Waals surface area contributed by atoms with Crippen LogP contribution in [0.15, 0.2) is 29.4 Å². The highest BCUT2D eigenvalue weighted by Gasteiger charge is 2.26. The number of rotatable bonds is 3. The minimum atomic E-state index is -0.500. The zero-order chi connectivity index (χ0) is 13.1. The lowest BCUT2D eigenvalue weighted by molar-refractivity contribution is -0.385. The van der Waals surface area contributed by atoms with Crippen molar-refractivity contribution in [2.45, 2.75) is 0 Å². The number of thioether (sulfide) groups is 1. The zero-order valence-electron chi connectivity index (χ0n) is 8.98. The van der Waals surface area contributed by atoms with E-state index in [-0.39, 0.29) is 17.3 Å². The summed E-state index contributed by atoms with van der Waals surface area (Å²) in [7, 11) is 0. The van der Waals surface area contributed by atoms with Gasteiger partial charge in [-0.3, -0.25) is 14.9 Å². The molecule has 1 amide bonds. The summed E-state index contributed by atoms with van der Waals surface area (Å²) in [6, 6.07) is 6.16. The molecule has 0 aromatic heterocycles. The monoisotopic (exact) mass is 281 g/mol. The maximum absolute atomic E-state index is 11.4. The van der Waals surface area contributed by atoms with Crippen LogP contribution in [0.2, 0.25) is 0 Å². The van der Waals surface area contributed by atoms with E-state index < -0.39 is 4.92 Å². The predicted octanol–water partition coefficient (Wildman–Crippen LogP) is 1.79. The third-order valence-electron chi connectivity index (χ3n) is 2.17. The van der Waals surface area contributed by atoms with Crippen LogP contribution in [-0.4, -0.2) is 32.1 Å². The molecule has 1 aliphatic rings. The molecular formula is C10H7N3O3S2. The number of nitrogens with zero attached hydrogens (tertiary/aromatic N) is 3. The topological polar surface area (TPSA) is 75.8 Å². The number of hydrogen-bond acceptors (Lipinski definition) is 6. The molecule has 1 fully saturated rings. The number of carbonyl (C=O) groups excluding carboxylic acids is 1. The fourth-order valence-corrected chi connectivity index (χ4v) is 2.31. The third kappa shape index (κ3) is 2.54. The van der Waals surface area contributed by atoms with Crippen molar-refractivity contribution >= 4 is 46.1 Å². The molecule has 0 radical (unpaired) electrons. The minimum absolute atomic E-state index is 0.0635. The summed E-state index contributed by atoms with van der Waals surface area (Å²) >= 11 is 6.16. The second kappa shape index (κ2) is 5.23. The van der Waals surface area contributed by atoms with Crippen molar-refractivity contribution in [3.63, 3.8) is 0 Å². The largest absolute Gasteiger partial charge is 0.278 e. The fraction of sp³-hybridized carbons (Fsp3) is 0.100. The van der Waals surface area contributed by atoms with Gasteiger partial charge in [-0.25, -0.2) is 0 Å². The molecular weight excluding hydrogens is 274 g/mol. The highest BCUT2D eigenvalue weighted by atomic mass is 32.2. The molecule has 1 aromatic rings. The molecule has 18 heavy (non-hydrogen) atoms. The maximum atomic E-state index is 11.4. The SMILES string of the molecule is O=C1CSC(=S)N1N=Cc1ccccc1[N+](=O)[O-]. The van der Waals surface area contributed by atoms with E-state index in [4.69, 9.17) is 12.2 Å². The Morgan fingerprint density at radius 2 is 2.22 bits per heavy atom. The van der Waals surface area contributed by atoms with Crippen LogP contribution in [0.25, 0.3) is 0 Å². The van der Waals surface area contributed by atoms with E-state index in [0.717, 1.165) is 5.01 Å². The van der Waals surface area contributed by atoms with Gasteiger partial charge in [-0.05, 0) is 6.07 Å². The number of nitro groups is 1. The number of nitro benzene ring substituents is 1. The predicted molar refractivity (Wildman–Crippen MR) is 72.6 cm³/mol. The van der Waals surface area contributed by atoms with Gasteiger partial charge in [0.15, 0.2) is 4.32 Å². The average molecular weight is 281 g/mol. The molecule has 0 spiro atoms. The van der Waals surface area contributed by atoms with E-state index in [9.17, 15) is 14.9 Å². The molecule has 0 N–H and O–H groups in total. The molecule has 2 rings (SSSR count). The van der Waals surface area contributed by atoms with E-state index in [1.165, 1.54) is 24.0 Å². The van der Waals surface area contributed by atoms with Crippen LogP contribution in [0.4, 0.5) is 5.69 Å². The maximum Gasteiger partial charge on any atom is 0.278 e. The second-order valence-electron chi connectivity index (χ2n) is 3.32. The highest BCUT2D eigenvalue weighted by molar-refractivity contribution is 8.23. The lowest BCUT2D eigenvalue weighted by Gasteiger charge is -2.06. The van der Waals surface area contributed by atoms with Gasteiger partial charge in [0.05, 0.1) is 22.5 Å². The Bertz CT molecular complexity index is 543. The molecule has 0 atom stereocenters. The van der Waals surface area contributed by atoms with Gasteiger partial charge in [-0.2, -0.15) is 10.1 Å². The van der Waals surface area contributed by atoms with Crippen LogP contribution >= 0.6 is 24.0 Å². The van der Waals surface area contributed by atoms with E-state index in [2.05, 4.69) is 5.10 Å². The van der Waals surface area contributed by atoms with Crippen molar-refractivity contribution in [1.29, 1.82) is 0 Å². The van der Waals surface area contributed by atoms with Crippen molar-refractivity contribution < 1.29 is 9.72 Å². The molecule has 1 heterocycles. The molecule has 0 aliphatic carbocycles. The summed E-state index contributed by atoms with van der Waals surface area (Å²) in [4.78, 5) is 21.7. The summed E-state index contributed by atoms with van der Waals surface area (Å²) in [5.74, 6) is 0.0346. The Morgan fingerprint density at radius 3 is 2.83 bits per heavy atom. The van der Waals surface area contributed by atoms with Gasteiger partial charge in [0.25, 0.3) is 11.6 Å². The summed E-state index contributed by atoms with van der Waals surface area (Å²) in [6.07, 6.45) is 1.27. The number of carbonyl (C=O) groups is 1. The first-order valence-electron chi connectivity index (χ1n) is 4.86. The van der Waals surface area contributed by atoms with Crippen LogP contribution in [0.5, 0.6) is 0 Å². The van der Waals surface area contributed by atoms with Gasteiger partial charge >= 0.3 is 0 Å². The van der Waals surface area contributed by atoms with E-state index in [1.54, 1.807) is 18.2 Å². The normalized spacial score (nSPS) is 15.7. The summed E-state index contributed by atoms with van der Waals surface area (Å²) < 4.78 is 0.356. The first-order valence-corrected chi connectivity index (χ1v) is 6.26. The highest BCUT2D eigenvalue weighted by Crippen LogP contribution is 2.20. The van der Waals surface area contributed by atoms with Crippen LogP contribution in [0.3, 0.4) is 0 Å². The zero-order valence-corrected chi connectivity index (χ0v) is 10.6. The van der Waals surface area contributed by atoms with E-state index >= 15 is 0 Å². The van der Waals surface area contributed by atoms with Crippen LogP contribution < -0.4 is 0 Å². The van der Waals surface area contributed by atoms with Gasteiger partial charge in [0, 0.05) is 6.07 Å². The van der Waals surface area contributed by atoms with Gasteiger partial charge in [-0.15, -0.1) is 0 Å². The minimum Gasteiger partial charge on any atom is -0.272 e. The number of para-hydroxylation sites is 1. The quantitative estimate of drug-likeness (QED) is 0.365. The van der Waals surface area contributed by atoms with Crippen molar-refractivity contribution in [1.82, 2.24) is 5.01 Å². The van der Waals surface area contributed by atoms with Gasteiger partial charge in [0.1, 0.15) is 0 Å². The Labute approximate surface area is 112 Å². The van der Waals surface area contributed by atoms with Crippen molar-refractivity contribution in [3.05, 3.63) is 39.9 Å². The molecule has 1 aromatic carbocycles. The number of benzene rings is 1. The average Bonchev–Trinajstić information content (AvgIpc) is 2.67. The van der Waals surface area contributed by atoms with Gasteiger partial charge in [0.2, 0.25) is 0 Å². The molecule has 8 heteroatoms. The van der Waals surface area contributed by atoms with E-state index in [0.29, 0.717) is 9.88 Å². The number of hydrazone groups is 1. The van der Waals surface area contributed by atoms with Crippen LogP contribution in [-0.2, 0) is 4.79 Å². The molecule has 0 bridgehead atoms. The van der Waals surface area contributed by atoms with Crippen LogP contribution in [0.1, 0.15) is 5.56 Å². The number of amides is 1. The van der Waals surface area contributed by atoms with Crippen LogP contribution in [0, 0.1) is 10.1 Å². The Morgan fingerprint density at radius 1 is 1.50 bits per heavy atom. The standard InChI is InChI=1S/C10H7N3O3S2/c14-9-6-18-10(17)12(9)11-5-7-3-1-2-4-8(7)13(15)16/h1-5H,6H2. The first kappa shape index (κ1) is 12.7. The number of hydrogen-bond donors (Lipinski definition) is 0. The molecule has 92 valence electrons. The summed E-state index contributed by atoms with van der Waals surface area (Å²) in [5.41, 5.74) is 0.265. The van der Waals surface area contributed by atoms with E-state index in [1.807, 2.05) is 0 Å². The molecule has 0 unspecified atom stereocenters. The van der Waals surface area contributed by atoms with Crippen molar-refractivity contribution in [2.75, 3.05) is 5.75 Å². The fourth-order valence-electron chi connectivity index (χ4n) is 1.34. The molecule has 6 nitrogen and oxygen atoms in total. The lowest BCUT2D eigenvalue weighted by atomic mass is 10.2. The first-order chi connectivity index (χ1) is 8.59. The lowest BCUT2D eigenvalue weighted by Crippen LogP contribution is -2.22. The van der Waals surface area contributed by atoms with Gasteiger partial charge < -0.3 is 0 Å². The number of thiocarbonyl (C=S) groups is 1. The Hall–Kier alpha value is -1.80. The van der Waals surface area contributed by atoms with Gasteiger partial charge in [-0.1, -0.05) is 36.1 Å². The Kier molecular flexibility index (Phi) is 3.68. The molecule has 0 saturated carbocycles.